The molecule has 0 aromatic rings. The maximum absolute atomic E-state index is 9.60. The van der Waals surface area contributed by atoms with Gasteiger partial charge in [-0.25, -0.2) is 0 Å². The Hall–Kier alpha value is -0.0800. The van der Waals surface area contributed by atoms with Crippen molar-refractivity contribution in [2.75, 3.05) is 32.7 Å². The number of aliphatic imine (C=N–C) groups is 1. The molecule has 0 radical (unpaired) electrons. The summed E-state index contributed by atoms with van der Waals surface area (Å²) in [6.45, 7) is 9.84. The second-order valence-electron chi connectivity index (χ2n) is 6.82. The Morgan fingerprint density at radius 1 is 1.17 bits per heavy atom. The molecule has 1 saturated carbocycles. The molecule has 136 valence electrons. The van der Waals surface area contributed by atoms with Gasteiger partial charge in [-0.05, 0) is 64.5 Å². The lowest BCUT2D eigenvalue weighted by Crippen LogP contribution is -2.45. The van der Waals surface area contributed by atoms with Crippen molar-refractivity contribution in [3.8, 4) is 0 Å². The van der Waals surface area contributed by atoms with Gasteiger partial charge in [-0.2, -0.15) is 0 Å². The number of nitrogens with one attached hydrogen (secondary N) is 2. The fourth-order valence-corrected chi connectivity index (χ4v) is 3.54. The standard InChI is InChI=1S/C17H34N4O.HI/c1-3-10-21-11-9-14(13-21)12-19-17(18-4-2)20-15-5-7-16(22)8-6-15;/h14-16,22H,3-13H2,1-2H3,(H2,18,19,20);1H. The van der Waals surface area contributed by atoms with Crippen LogP contribution in [0.4, 0.5) is 0 Å². The molecule has 0 bridgehead atoms. The Morgan fingerprint density at radius 3 is 2.57 bits per heavy atom. The predicted molar refractivity (Wildman–Crippen MR) is 108 cm³/mol. The largest absolute Gasteiger partial charge is 0.393 e. The lowest BCUT2D eigenvalue weighted by molar-refractivity contribution is 0.120. The molecule has 23 heavy (non-hydrogen) atoms. The first-order chi connectivity index (χ1) is 10.7. The van der Waals surface area contributed by atoms with Crippen LogP contribution in [0.2, 0.25) is 0 Å². The molecule has 1 atom stereocenters. The average Bonchev–Trinajstić information content (AvgIpc) is 2.95. The predicted octanol–water partition coefficient (Wildman–Crippen LogP) is 2.19. The summed E-state index contributed by atoms with van der Waals surface area (Å²) in [5.41, 5.74) is 0. The number of likely N-dealkylation sites (tertiary alicyclic amines) is 1. The van der Waals surface area contributed by atoms with Crippen LogP contribution >= 0.6 is 24.0 Å². The van der Waals surface area contributed by atoms with Gasteiger partial charge < -0.3 is 20.6 Å². The number of guanidine groups is 1. The minimum absolute atomic E-state index is 0. The number of nitrogens with zero attached hydrogens (tertiary/aromatic N) is 2. The van der Waals surface area contributed by atoms with E-state index >= 15 is 0 Å². The SMILES string of the molecule is CCCN1CCC(CN=C(NCC)NC2CCC(O)CC2)C1.I. The van der Waals surface area contributed by atoms with E-state index in [-0.39, 0.29) is 30.1 Å². The highest BCUT2D eigenvalue weighted by atomic mass is 127. The van der Waals surface area contributed by atoms with E-state index in [9.17, 15) is 5.11 Å². The molecule has 1 saturated heterocycles. The molecule has 2 aliphatic rings. The van der Waals surface area contributed by atoms with Crippen LogP contribution in [0, 0.1) is 5.92 Å². The van der Waals surface area contributed by atoms with Crippen LogP contribution in [0.3, 0.4) is 0 Å². The topological polar surface area (TPSA) is 59.9 Å². The van der Waals surface area contributed by atoms with Crippen LogP contribution in [-0.4, -0.2) is 60.8 Å². The van der Waals surface area contributed by atoms with Gasteiger partial charge in [-0.3, -0.25) is 4.99 Å². The van der Waals surface area contributed by atoms with Crippen LogP contribution in [-0.2, 0) is 0 Å². The van der Waals surface area contributed by atoms with E-state index in [0.717, 1.165) is 44.7 Å². The van der Waals surface area contributed by atoms with Crippen molar-refractivity contribution < 1.29 is 5.11 Å². The van der Waals surface area contributed by atoms with Crippen molar-refractivity contribution in [3.05, 3.63) is 0 Å². The molecule has 1 aliphatic heterocycles. The van der Waals surface area contributed by atoms with Crippen molar-refractivity contribution >= 4 is 29.9 Å². The Balaban J connectivity index is 0.00000264. The fourth-order valence-electron chi connectivity index (χ4n) is 3.54. The molecule has 0 aromatic heterocycles. The molecule has 0 aromatic carbocycles. The van der Waals surface area contributed by atoms with Crippen LogP contribution in [0.15, 0.2) is 4.99 Å². The molecular formula is C17H35IN4O. The highest BCUT2D eigenvalue weighted by Gasteiger charge is 2.22. The summed E-state index contributed by atoms with van der Waals surface area (Å²) >= 11 is 0. The van der Waals surface area contributed by atoms with Crippen LogP contribution in [0.5, 0.6) is 0 Å². The second kappa shape index (κ2) is 11.5. The molecule has 2 rings (SSSR count). The maximum Gasteiger partial charge on any atom is 0.191 e. The molecule has 1 heterocycles. The number of aliphatic hydroxyl groups excluding tert-OH is 1. The smallest absolute Gasteiger partial charge is 0.191 e. The number of rotatable bonds is 6. The maximum atomic E-state index is 9.60. The normalized spacial score (nSPS) is 29.2. The highest BCUT2D eigenvalue weighted by Crippen LogP contribution is 2.19. The number of aliphatic hydroxyl groups is 1. The van der Waals surface area contributed by atoms with Gasteiger partial charge in [0.2, 0.25) is 0 Å². The van der Waals surface area contributed by atoms with Gasteiger partial charge in [-0.15, -0.1) is 24.0 Å². The summed E-state index contributed by atoms with van der Waals surface area (Å²) < 4.78 is 0. The summed E-state index contributed by atoms with van der Waals surface area (Å²) in [7, 11) is 0. The quantitative estimate of drug-likeness (QED) is 0.338. The summed E-state index contributed by atoms with van der Waals surface area (Å²) in [5.74, 6) is 1.66. The Bertz CT molecular complexity index is 345. The third-order valence-corrected chi connectivity index (χ3v) is 4.80. The van der Waals surface area contributed by atoms with E-state index in [2.05, 4.69) is 29.4 Å². The number of halogens is 1. The lowest BCUT2D eigenvalue weighted by Gasteiger charge is -2.27. The van der Waals surface area contributed by atoms with Crippen LogP contribution < -0.4 is 10.6 Å². The van der Waals surface area contributed by atoms with Gasteiger partial charge >= 0.3 is 0 Å². The molecule has 0 amide bonds. The molecule has 1 unspecified atom stereocenters. The summed E-state index contributed by atoms with van der Waals surface area (Å²) in [6.07, 6.45) is 6.32. The first-order valence-electron chi connectivity index (χ1n) is 9.16. The van der Waals surface area contributed by atoms with E-state index in [1.54, 1.807) is 0 Å². The number of hydrogen-bond acceptors (Lipinski definition) is 3. The minimum atomic E-state index is -0.0967. The van der Waals surface area contributed by atoms with E-state index in [1.807, 2.05) is 0 Å². The van der Waals surface area contributed by atoms with Gasteiger partial charge in [0.05, 0.1) is 6.10 Å². The molecular weight excluding hydrogens is 403 g/mol. The molecule has 2 fully saturated rings. The molecule has 6 heteroatoms. The number of hydrogen-bond donors (Lipinski definition) is 3. The first kappa shape index (κ1) is 21.0. The Labute approximate surface area is 158 Å². The van der Waals surface area contributed by atoms with Crippen LogP contribution in [0.25, 0.3) is 0 Å². The van der Waals surface area contributed by atoms with Gasteiger partial charge in [0.15, 0.2) is 5.96 Å². The van der Waals surface area contributed by atoms with Gasteiger partial charge in [0, 0.05) is 25.7 Å². The summed E-state index contributed by atoms with van der Waals surface area (Å²) in [5, 5.41) is 16.5. The van der Waals surface area contributed by atoms with Crippen molar-refractivity contribution in [3.63, 3.8) is 0 Å². The molecule has 3 N–H and O–H groups in total. The lowest BCUT2D eigenvalue weighted by atomic mass is 9.93. The zero-order valence-electron chi connectivity index (χ0n) is 14.8. The van der Waals surface area contributed by atoms with E-state index in [4.69, 9.17) is 4.99 Å². The van der Waals surface area contributed by atoms with Crippen molar-refractivity contribution in [1.29, 1.82) is 0 Å². The van der Waals surface area contributed by atoms with E-state index in [0.29, 0.717) is 12.0 Å². The molecule has 0 spiro atoms. The van der Waals surface area contributed by atoms with Gasteiger partial charge in [0.1, 0.15) is 0 Å². The minimum Gasteiger partial charge on any atom is -0.393 e. The Morgan fingerprint density at radius 2 is 1.91 bits per heavy atom. The molecule has 1 aliphatic carbocycles. The molecule has 5 nitrogen and oxygen atoms in total. The third-order valence-electron chi connectivity index (χ3n) is 4.80. The summed E-state index contributed by atoms with van der Waals surface area (Å²) in [4.78, 5) is 7.37. The van der Waals surface area contributed by atoms with Gasteiger partial charge in [-0.1, -0.05) is 6.92 Å². The zero-order valence-corrected chi connectivity index (χ0v) is 17.1. The van der Waals surface area contributed by atoms with E-state index in [1.165, 1.54) is 32.5 Å². The first-order valence-corrected chi connectivity index (χ1v) is 9.16. The summed E-state index contributed by atoms with van der Waals surface area (Å²) in [6, 6.07) is 0.460. The third kappa shape index (κ3) is 7.56. The average molecular weight is 438 g/mol. The highest BCUT2D eigenvalue weighted by molar-refractivity contribution is 14.0. The Kier molecular flexibility index (Phi) is 10.5. The monoisotopic (exact) mass is 438 g/mol. The fraction of sp³-hybridized carbons (Fsp3) is 0.941. The second-order valence-corrected chi connectivity index (χ2v) is 6.82. The van der Waals surface area contributed by atoms with Crippen molar-refractivity contribution in [1.82, 2.24) is 15.5 Å². The van der Waals surface area contributed by atoms with Crippen molar-refractivity contribution in [2.24, 2.45) is 10.9 Å². The zero-order chi connectivity index (χ0) is 15.8. The van der Waals surface area contributed by atoms with E-state index < -0.39 is 0 Å². The van der Waals surface area contributed by atoms with Crippen LogP contribution in [0.1, 0.15) is 52.4 Å². The van der Waals surface area contributed by atoms with Gasteiger partial charge in [0.25, 0.3) is 0 Å². The van der Waals surface area contributed by atoms with Crippen molar-refractivity contribution in [2.45, 2.75) is 64.5 Å².